The van der Waals surface area contributed by atoms with E-state index >= 15 is 0 Å². The van der Waals surface area contributed by atoms with Crippen LogP contribution in [0.25, 0.3) is 11.0 Å². The van der Waals surface area contributed by atoms with Gasteiger partial charge in [0, 0.05) is 0 Å². The Morgan fingerprint density at radius 3 is 2.58 bits per heavy atom. The van der Waals surface area contributed by atoms with E-state index in [0.29, 0.717) is 23.4 Å². The van der Waals surface area contributed by atoms with Crippen molar-refractivity contribution in [3.05, 3.63) is 29.1 Å². The molecule has 104 valence electrons. The molecule has 0 bridgehead atoms. The van der Waals surface area contributed by atoms with Gasteiger partial charge in [0.2, 0.25) is 0 Å². The molecule has 19 heavy (non-hydrogen) atoms. The third-order valence-corrected chi connectivity index (χ3v) is 3.05. The van der Waals surface area contributed by atoms with E-state index in [1.54, 1.807) is 13.0 Å². The van der Waals surface area contributed by atoms with E-state index in [9.17, 15) is 13.2 Å². The Labute approximate surface area is 109 Å². The minimum atomic E-state index is -4.37. The molecule has 1 N–H and O–H groups in total. The number of rotatable bonds is 3. The Kier molecular flexibility index (Phi) is 3.54. The molecule has 0 saturated carbocycles. The number of hydrogen-bond donors (Lipinski definition) is 1. The van der Waals surface area contributed by atoms with Crippen LogP contribution in [0.2, 0.25) is 0 Å². The molecular formula is C13H16F3N3. The molecule has 6 heteroatoms. The number of aromatic amines is 1. The molecular weight excluding hydrogens is 255 g/mol. The first-order chi connectivity index (χ1) is 8.81. The number of H-pyrrole nitrogens is 1. The number of fused-ring (bicyclic) bond motifs is 1. The number of aromatic nitrogens is 2. The van der Waals surface area contributed by atoms with E-state index in [0.717, 1.165) is 12.6 Å². The van der Waals surface area contributed by atoms with E-state index in [4.69, 9.17) is 0 Å². The second kappa shape index (κ2) is 4.85. The number of aryl methyl sites for hydroxylation is 1. The van der Waals surface area contributed by atoms with Crippen LogP contribution in [0, 0.1) is 6.92 Å². The van der Waals surface area contributed by atoms with Crippen LogP contribution < -0.4 is 0 Å². The Bertz CT molecular complexity index is 587. The third kappa shape index (κ3) is 2.89. The standard InChI is InChI=1S/C13H16F3N3/c1-4-19(3)7-11-17-10-6-8(2)5-9(12(10)18-11)13(14,15)16/h5-6H,4,7H2,1-3H3,(H,17,18). The van der Waals surface area contributed by atoms with Crippen LogP contribution in [0.15, 0.2) is 12.1 Å². The van der Waals surface area contributed by atoms with Crippen molar-refractivity contribution in [2.75, 3.05) is 13.6 Å². The summed E-state index contributed by atoms with van der Waals surface area (Å²) in [5.74, 6) is 0.551. The van der Waals surface area contributed by atoms with Crippen molar-refractivity contribution < 1.29 is 13.2 Å². The predicted molar refractivity (Wildman–Crippen MR) is 67.8 cm³/mol. The van der Waals surface area contributed by atoms with Crippen molar-refractivity contribution in [1.82, 2.24) is 14.9 Å². The highest BCUT2D eigenvalue weighted by Gasteiger charge is 2.34. The maximum Gasteiger partial charge on any atom is 0.418 e. The van der Waals surface area contributed by atoms with Gasteiger partial charge in [-0.3, -0.25) is 4.90 Å². The summed E-state index contributed by atoms with van der Waals surface area (Å²) >= 11 is 0. The Morgan fingerprint density at radius 2 is 2.00 bits per heavy atom. The van der Waals surface area contributed by atoms with E-state index in [1.165, 1.54) is 0 Å². The summed E-state index contributed by atoms with van der Waals surface area (Å²) < 4.78 is 38.9. The van der Waals surface area contributed by atoms with Crippen molar-refractivity contribution in [1.29, 1.82) is 0 Å². The molecule has 1 aromatic carbocycles. The molecule has 1 aromatic heterocycles. The molecule has 2 rings (SSSR count). The summed E-state index contributed by atoms with van der Waals surface area (Å²) in [6.07, 6.45) is -4.37. The highest BCUT2D eigenvalue weighted by Crippen LogP contribution is 2.34. The molecule has 0 aliphatic rings. The van der Waals surface area contributed by atoms with Gasteiger partial charge in [-0.25, -0.2) is 4.98 Å². The van der Waals surface area contributed by atoms with Crippen molar-refractivity contribution in [3.8, 4) is 0 Å². The van der Waals surface area contributed by atoms with Crippen molar-refractivity contribution in [2.45, 2.75) is 26.6 Å². The zero-order chi connectivity index (χ0) is 14.2. The van der Waals surface area contributed by atoms with Gasteiger partial charge in [0.25, 0.3) is 0 Å². The molecule has 0 aliphatic carbocycles. The number of benzene rings is 1. The molecule has 0 fully saturated rings. The van der Waals surface area contributed by atoms with Crippen LogP contribution in [0.1, 0.15) is 23.9 Å². The number of nitrogens with one attached hydrogen (secondary N) is 1. The fourth-order valence-corrected chi connectivity index (χ4v) is 1.97. The average molecular weight is 271 g/mol. The first-order valence-corrected chi connectivity index (χ1v) is 6.06. The van der Waals surface area contributed by atoms with Crippen LogP contribution >= 0.6 is 0 Å². The van der Waals surface area contributed by atoms with Crippen LogP contribution in [0.5, 0.6) is 0 Å². The summed E-state index contributed by atoms with van der Waals surface area (Å²) in [7, 11) is 1.89. The first kappa shape index (κ1) is 13.9. The second-order valence-electron chi connectivity index (χ2n) is 4.72. The zero-order valence-electron chi connectivity index (χ0n) is 11.1. The lowest BCUT2D eigenvalue weighted by molar-refractivity contribution is -0.136. The summed E-state index contributed by atoms with van der Waals surface area (Å²) in [6.45, 7) is 4.93. The monoisotopic (exact) mass is 271 g/mol. The van der Waals surface area contributed by atoms with Crippen LogP contribution in [-0.4, -0.2) is 28.5 Å². The normalized spacial score (nSPS) is 12.6. The first-order valence-electron chi connectivity index (χ1n) is 6.06. The summed E-state index contributed by atoms with van der Waals surface area (Å²) in [6, 6.07) is 2.81. The largest absolute Gasteiger partial charge is 0.418 e. The fraction of sp³-hybridized carbons (Fsp3) is 0.462. The van der Waals surface area contributed by atoms with E-state index in [1.807, 2.05) is 18.9 Å². The Morgan fingerprint density at radius 1 is 1.32 bits per heavy atom. The van der Waals surface area contributed by atoms with E-state index in [-0.39, 0.29) is 5.52 Å². The van der Waals surface area contributed by atoms with Crippen LogP contribution in [0.4, 0.5) is 13.2 Å². The second-order valence-corrected chi connectivity index (χ2v) is 4.72. The van der Waals surface area contributed by atoms with Gasteiger partial charge in [-0.2, -0.15) is 13.2 Å². The number of imidazole rings is 1. The third-order valence-electron chi connectivity index (χ3n) is 3.05. The molecule has 1 heterocycles. The number of hydrogen-bond acceptors (Lipinski definition) is 2. The van der Waals surface area contributed by atoms with Crippen molar-refractivity contribution in [3.63, 3.8) is 0 Å². The molecule has 0 aliphatic heterocycles. The lowest BCUT2D eigenvalue weighted by Gasteiger charge is -2.10. The number of halogens is 3. The fourth-order valence-electron chi connectivity index (χ4n) is 1.97. The van der Waals surface area contributed by atoms with Crippen LogP contribution in [-0.2, 0) is 12.7 Å². The smallest absolute Gasteiger partial charge is 0.340 e. The Hall–Kier alpha value is -1.56. The minimum absolute atomic E-state index is 0.0672. The zero-order valence-corrected chi connectivity index (χ0v) is 11.1. The molecule has 0 radical (unpaired) electrons. The topological polar surface area (TPSA) is 31.9 Å². The summed E-state index contributed by atoms with van der Waals surface area (Å²) in [5.41, 5.74) is 0.339. The van der Waals surface area contributed by atoms with E-state index < -0.39 is 11.7 Å². The van der Waals surface area contributed by atoms with Gasteiger partial charge in [0.1, 0.15) is 5.82 Å². The lowest BCUT2D eigenvalue weighted by Crippen LogP contribution is -2.17. The molecule has 0 unspecified atom stereocenters. The quantitative estimate of drug-likeness (QED) is 0.928. The molecule has 0 atom stereocenters. The van der Waals surface area contributed by atoms with Gasteiger partial charge in [-0.05, 0) is 38.2 Å². The minimum Gasteiger partial charge on any atom is -0.340 e. The molecule has 0 saturated heterocycles. The molecule has 2 aromatic rings. The van der Waals surface area contributed by atoms with Crippen molar-refractivity contribution in [2.24, 2.45) is 0 Å². The summed E-state index contributed by atoms with van der Waals surface area (Å²) in [5, 5.41) is 0. The average Bonchev–Trinajstić information content (AvgIpc) is 2.68. The highest BCUT2D eigenvalue weighted by atomic mass is 19.4. The molecule has 0 spiro atoms. The van der Waals surface area contributed by atoms with Gasteiger partial charge in [0.05, 0.1) is 23.1 Å². The highest BCUT2D eigenvalue weighted by molar-refractivity contribution is 5.80. The predicted octanol–water partition coefficient (Wildman–Crippen LogP) is 3.34. The maximum atomic E-state index is 13.0. The van der Waals surface area contributed by atoms with Gasteiger partial charge < -0.3 is 4.98 Å². The number of nitrogens with zero attached hydrogens (tertiary/aromatic N) is 2. The van der Waals surface area contributed by atoms with Gasteiger partial charge in [-0.1, -0.05) is 6.92 Å². The SMILES string of the molecule is CCN(C)Cc1nc2cc(C)cc(C(F)(F)F)c2[nH]1. The summed E-state index contributed by atoms with van der Waals surface area (Å²) in [4.78, 5) is 9.00. The molecule has 3 nitrogen and oxygen atoms in total. The van der Waals surface area contributed by atoms with Crippen LogP contribution in [0.3, 0.4) is 0 Å². The van der Waals surface area contributed by atoms with Gasteiger partial charge in [-0.15, -0.1) is 0 Å². The van der Waals surface area contributed by atoms with Gasteiger partial charge >= 0.3 is 6.18 Å². The van der Waals surface area contributed by atoms with E-state index in [2.05, 4.69) is 9.97 Å². The lowest BCUT2D eigenvalue weighted by atomic mass is 10.1. The van der Waals surface area contributed by atoms with Crippen molar-refractivity contribution >= 4 is 11.0 Å². The Balaban J connectivity index is 2.52. The molecule has 0 amide bonds. The van der Waals surface area contributed by atoms with Gasteiger partial charge in [0.15, 0.2) is 0 Å². The maximum absolute atomic E-state index is 13.0. The number of alkyl halides is 3.